The molecule has 0 atom stereocenters. The molecule has 0 bridgehead atoms. The van der Waals surface area contributed by atoms with E-state index < -0.39 is 18.1 Å². The van der Waals surface area contributed by atoms with Crippen molar-refractivity contribution >= 4 is 29.2 Å². The van der Waals surface area contributed by atoms with E-state index in [1.807, 2.05) is 31.0 Å². The Morgan fingerprint density at radius 2 is 1.69 bits per heavy atom. The van der Waals surface area contributed by atoms with Crippen LogP contribution in [0.4, 0.5) is 24.5 Å². The lowest BCUT2D eigenvalue weighted by Crippen LogP contribution is -2.21. The van der Waals surface area contributed by atoms with Gasteiger partial charge >= 0.3 is 18.1 Å². The largest absolute Gasteiger partial charge is 0.490 e. The van der Waals surface area contributed by atoms with Crippen molar-refractivity contribution in [2.45, 2.75) is 32.9 Å². The van der Waals surface area contributed by atoms with Crippen molar-refractivity contribution in [1.82, 2.24) is 0 Å². The summed E-state index contributed by atoms with van der Waals surface area (Å²) < 4.78 is 31.7. The first-order chi connectivity index (χ1) is 14.9. The molecule has 7 nitrogen and oxygen atoms in total. The molecule has 0 heterocycles. The van der Waals surface area contributed by atoms with E-state index >= 15 is 0 Å². The molecule has 1 amide bonds. The number of rotatable bonds is 7. The fourth-order valence-electron chi connectivity index (χ4n) is 2.62. The number of carboxylic acids is 2. The number of aromatic carboxylic acids is 1. The third-order valence-electron chi connectivity index (χ3n) is 4.27. The number of carbonyl (C=O) groups excluding carboxylic acids is 1. The van der Waals surface area contributed by atoms with Crippen LogP contribution in [0.15, 0.2) is 42.5 Å². The second kappa shape index (κ2) is 11.7. The van der Waals surface area contributed by atoms with Gasteiger partial charge in [-0.1, -0.05) is 31.0 Å². The van der Waals surface area contributed by atoms with Gasteiger partial charge in [-0.25, -0.2) is 9.59 Å². The molecule has 3 N–H and O–H groups in total. The number of carbonyl (C=O) groups is 3. The lowest BCUT2D eigenvalue weighted by atomic mass is 10.1. The van der Waals surface area contributed by atoms with Gasteiger partial charge in [0.1, 0.15) is 0 Å². The topological polar surface area (TPSA) is 107 Å². The van der Waals surface area contributed by atoms with E-state index in [-0.39, 0.29) is 11.5 Å². The van der Waals surface area contributed by atoms with Crippen LogP contribution in [0.25, 0.3) is 0 Å². The predicted molar refractivity (Wildman–Crippen MR) is 114 cm³/mol. The minimum atomic E-state index is -5.08. The van der Waals surface area contributed by atoms with Crippen LogP contribution in [0.5, 0.6) is 0 Å². The molecule has 174 valence electrons. The van der Waals surface area contributed by atoms with Gasteiger partial charge in [0.2, 0.25) is 0 Å². The summed E-state index contributed by atoms with van der Waals surface area (Å²) in [6, 6.07) is 12.2. The van der Waals surface area contributed by atoms with Gasteiger partial charge in [0.25, 0.3) is 5.91 Å². The quantitative estimate of drug-likeness (QED) is 0.554. The Kier molecular flexibility index (Phi) is 9.70. The molecule has 0 aromatic heterocycles. The van der Waals surface area contributed by atoms with Crippen molar-refractivity contribution in [1.29, 1.82) is 0 Å². The highest BCUT2D eigenvalue weighted by atomic mass is 19.4. The first-order valence-electron chi connectivity index (χ1n) is 9.63. The molecule has 0 spiro atoms. The zero-order valence-electron chi connectivity index (χ0n) is 17.9. The SMILES string of the molecule is CCCCN(C)c1ccc(NC(=O)c2cccc(C)c2)cc1C(=O)O.O=C(O)C(F)(F)F. The summed E-state index contributed by atoms with van der Waals surface area (Å²) in [5.74, 6) is -4.02. The average molecular weight is 454 g/mol. The smallest absolute Gasteiger partial charge is 0.478 e. The Labute approximate surface area is 183 Å². The number of amides is 1. The van der Waals surface area contributed by atoms with Crippen LogP contribution in [0.2, 0.25) is 0 Å². The average Bonchev–Trinajstić information content (AvgIpc) is 2.71. The molecule has 32 heavy (non-hydrogen) atoms. The van der Waals surface area contributed by atoms with Crippen LogP contribution in [-0.4, -0.2) is 47.8 Å². The highest BCUT2D eigenvalue weighted by Gasteiger charge is 2.38. The summed E-state index contributed by atoms with van der Waals surface area (Å²) in [7, 11) is 1.88. The number of benzene rings is 2. The second-order valence-electron chi connectivity index (χ2n) is 6.94. The molecule has 2 aromatic carbocycles. The van der Waals surface area contributed by atoms with Gasteiger partial charge < -0.3 is 20.4 Å². The molecule has 0 radical (unpaired) electrons. The fourth-order valence-corrected chi connectivity index (χ4v) is 2.62. The summed E-state index contributed by atoms with van der Waals surface area (Å²) in [5.41, 5.74) is 2.83. The van der Waals surface area contributed by atoms with Gasteiger partial charge in [-0.2, -0.15) is 13.2 Å². The first-order valence-corrected chi connectivity index (χ1v) is 9.63. The molecule has 0 aliphatic rings. The van der Waals surface area contributed by atoms with Crippen LogP contribution in [-0.2, 0) is 4.79 Å². The van der Waals surface area contributed by atoms with Crippen LogP contribution in [0, 0.1) is 6.92 Å². The molecule has 0 fully saturated rings. The molecule has 2 aromatic rings. The molecular weight excluding hydrogens is 429 g/mol. The summed E-state index contributed by atoms with van der Waals surface area (Å²) in [6.45, 7) is 4.79. The van der Waals surface area contributed by atoms with Crippen molar-refractivity contribution < 1.29 is 37.8 Å². The molecule has 10 heteroatoms. The number of halogens is 3. The number of nitrogens with one attached hydrogen (secondary N) is 1. The van der Waals surface area contributed by atoms with Crippen molar-refractivity contribution in [3.05, 3.63) is 59.2 Å². The van der Waals surface area contributed by atoms with E-state index in [9.17, 15) is 27.9 Å². The highest BCUT2D eigenvalue weighted by molar-refractivity contribution is 6.05. The van der Waals surface area contributed by atoms with E-state index in [4.69, 9.17) is 9.90 Å². The summed E-state index contributed by atoms with van der Waals surface area (Å²) in [4.78, 5) is 34.8. The van der Waals surface area contributed by atoms with Gasteiger partial charge in [-0.05, 0) is 43.7 Å². The summed E-state index contributed by atoms with van der Waals surface area (Å²) >= 11 is 0. The van der Waals surface area contributed by atoms with Gasteiger partial charge in [0.15, 0.2) is 0 Å². The van der Waals surface area contributed by atoms with Crippen LogP contribution >= 0.6 is 0 Å². The Balaban J connectivity index is 0.000000633. The molecular formula is C22H25F3N2O5. The monoisotopic (exact) mass is 454 g/mol. The van der Waals surface area contributed by atoms with Crippen LogP contribution in [0.1, 0.15) is 46.0 Å². The number of hydrogen-bond donors (Lipinski definition) is 3. The van der Waals surface area contributed by atoms with Crippen LogP contribution in [0.3, 0.4) is 0 Å². The molecule has 0 saturated carbocycles. The zero-order chi connectivity index (χ0) is 24.5. The minimum Gasteiger partial charge on any atom is -0.478 e. The summed E-state index contributed by atoms with van der Waals surface area (Å²) in [6.07, 6.45) is -3.06. The lowest BCUT2D eigenvalue weighted by Gasteiger charge is -2.21. The third kappa shape index (κ3) is 8.29. The minimum absolute atomic E-state index is 0.181. The number of anilines is 2. The van der Waals surface area contributed by atoms with Gasteiger partial charge in [-0.3, -0.25) is 4.79 Å². The molecule has 2 rings (SSSR count). The molecule has 0 aliphatic heterocycles. The van der Waals surface area contributed by atoms with E-state index in [0.717, 1.165) is 24.9 Å². The number of aryl methyl sites for hydroxylation is 1. The number of unbranched alkanes of at least 4 members (excludes halogenated alkanes) is 1. The number of nitrogens with zero attached hydrogens (tertiary/aromatic N) is 1. The summed E-state index contributed by atoms with van der Waals surface area (Å²) in [5, 5.41) is 19.4. The predicted octanol–water partition coefficient (Wildman–Crippen LogP) is 4.82. The Morgan fingerprint density at radius 3 is 2.19 bits per heavy atom. The van der Waals surface area contributed by atoms with Crippen LogP contribution < -0.4 is 10.2 Å². The standard InChI is InChI=1S/C20H24N2O3.C2HF3O2/c1-4-5-11-22(3)18-10-9-16(13-17(18)20(24)25)21-19(23)15-8-6-7-14(2)12-15;3-2(4,5)1(6)7/h6-10,12-13H,4-5,11H2,1-3H3,(H,21,23)(H,24,25);(H,6,7). The van der Waals surface area contributed by atoms with Crippen molar-refractivity contribution in [3.63, 3.8) is 0 Å². The molecule has 0 saturated heterocycles. The Morgan fingerprint density at radius 1 is 1.06 bits per heavy atom. The maximum Gasteiger partial charge on any atom is 0.490 e. The highest BCUT2D eigenvalue weighted by Crippen LogP contribution is 2.24. The lowest BCUT2D eigenvalue weighted by molar-refractivity contribution is -0.192. The Bertz CT molecular complexity index is 961. The first kappa shape index (κ1) is 26.5. The van der Waals surface area contributed by atoms with E-state index in [0.29, 0.717) is 16.9 Å². The van der Waals surface area contributed by atoms with Crippen molar-refractivity contribution in [2.75, 3.05) is 23.8 Å². The second-order valence-corrected chi connectivity index (χ2v) is 6.94. The van der Waals surface area contributed by atoms with Gasteiger partial charge in [-0.15, -0.1) is 0 Å². The zero-order valence-corrected chi connectivity index (χ0v) is 17.9. The van der Waals surface area contributed by atoms with Gasteiger partial charge in [0.05, 0.1) is 11.3 Å². The fraction of sp³-hybridized carbons (Fsp3) is 0.318. The van der Waals surface area contributed by atoms with Crippen molar-refractivity contribution in [3.8, 4) is 0 Å². The maximum atomic E-state index is 12.3. The number of aliphatic carboxylic acids is 1. The normalized spacial score (nSPS) is 10.6. The molecule has 0 aliphatic carbocycles. The maximum absolute atomic E-state index is 12.3. The third-order valence-corrected chi connectivity index (χ3v) is 4.27. The van der Waals surface area contributed by atoms with E-state index in [1.165, 1.54) is 6.07 Å². The van der Waals surface area contributed by atoms with E-state index in [2.05, 4.69) is 12.2 Å². The molecule has 0 unspecified atom stereocenters. The Hall–Kier alpha value is -3.56. The number of carboxylic acid groups (broad SMARTS) is 2. The van der Waals surface area contributed by atoms with E-state index in [1.54, 1.807) is 24.3 Å². The number of hydrogen-bond acceptors (Lipinski definition) is 4. The van der Waals surface area contributed by atoms with Crippen molar-refractivity contribution in [2.24, 2.45) is 0 Å². The number of alkyl halides is 3. The van der Waals surface area contributed by atoms with Gasteiger partial charge in [0, 0.05) is 24.8 Å².